The zero-order valence-electron chi connectivity index (χ0n) is 18.5. The highest BCUT2D eigenvalue weighted by Gasteiger charge is 2.48. The Balaban J connectivity index is 1.37. The van der Waals surface area contributed by atoms with E-state index in [1.807, 2.05) is 11.9 Å². The van der Waals surface area contributed by atoms with Gasteiger partial charge in [-0.15, -0.1) is 0 Å². The molecule has 3 aliphatic rings. The number of hydrogen-bond acceptors (Lipinski definition) is 7. The van der Waals surface area contributed by atoms with Gasteiger partial charge in [0, 0.05) is 38.2 Å². The summed E-state index contributed by atoms with van der Waals surface area (Å²) < 4.78 is 1.62. The Morgan fingerprint density at radius 1 is 1.24 bits per heavy atom. The number of hydrogen-bond donors (Lipinski definition) is 2. The maximum Gasteiger partial charge on any atom is 0.338 e. The molecule has 1 aliphatic carbocycles. The third-order valence-corrected chi connectivity index (χ3v) is 6.76. The second kappa shape index (κ2) is 7.79. The van der Waals surface area contributed by atoms with Crippen molar-refractivity contribution in [1.29, 1.82) is 0 Å². The Hall–Kier alpha value is -4.02. The van der Waals surface area contributed by atoms with E-state index in [1.165, 1.54) is 12.4 Å². The molecule has 0 radical (unpaired) electrons. The molecule has 0 spiro atoms. The number of imide groups is 2. The first-order valence-corrected chi connectivity index (χ1v) is 11.0. The Bertz CT molecular complexity index is 1250. The molecule has 1 aromatic heterocycles. The molecule has 2 N–H and O–H groups in total. The standard InChI is InChI=1S/C23H23N5O6/c1-26(11-23(7-8-23)12-27-10-13(9-24-27)22(33)34)15-4-2-3-14-18(15)21(32)28(20(14)31)16-5-6-17(29)25-19(16)30/h2-4,9-10,16H,5-8,11-12H2,1H3,(H,33,34)(H,25,29,30). The quantitative estimate of drug-likeness (QED) is 0.575. The van der Waals surface area contributed by atoms with Crippen LogP contribution in [0.2, 0.25) is 0 Å². The zero-order chi connectivity index (χ0) is 24.2. The number of carboxylic acid groups (broad SMARTS) is 1. The summed E-state index contributed by atoms with van der Waals surface area (Å²) in [6, 6.07) is 4.03. The van der Waals surface area contributed by atoms with Gasteiger partial charge < -0.3 is 10.0 Å². The smallest absolute Gasteiger partial charge is 0.338 e. The topological polar surface area (TPSA) is 142 Å². The van der Waals surface area contributed by atoms with E-state index in [0.717, 1.165) is 17.7 Å². The van der Waals surface area contributed by atoms with Crippen LogP contribution in [0.1, 0.15) is 56.8 Å². The van der Waals surface area contributed by atoms with Crippen LogP contribution in [0.15, 0.2) is 30.6 Å². The highest BCUT2D eigenvalue weighted by atomic mass is 16.4. The van der Waals surface area contributed by atoms with Crippen molar-refractivity contribution in [3.63, 3.8) is 0 Å². The van der Waals surface area contributed by atoms with Gasteiger partial charge >= 0.3 is 5.97 Å². The first-order chi connectivity index (χ1) is 16.2. The van der Waals surface area contributed by atoms with Crippen LogP contribution in [-0.2, 0) is 16.1 Å². The number of rotatable bonds is 7. The molecule has 3 heterocycles. The minimum atomic E-state index is -1.03. The summed E-state index contributed by atoms with van der Waals surface area (Å²) in [5, 5.41) is 15.5. The average Bonchev–Trinajstić information content (AvgIpc) is 3.27. The summed E-state index contributed by atoms with van der Waals surface area (Å²) in [7, 11) is 1.84. The van der Waals surface area contributed by atoms with E-state index >= 15 is 0 Å². The van der Waals surface area contributed by atoms with Crippen molar-refractivity contribution in [3.8, 4) is 0 Å². The van der Waals surface area contributed by atoms with Gasteiger partial charge in [-0.05, 0) is 31.4 Å². The van der Waals surface area contributed by atoms with Crippen molar-refractivity contribution in [2.24, 2.45) is 5.41 Å². The van der Waals surface area contributed by atoms with Gasteiger partial charge in [0.15, 0.2) is 0 Å². The van der Waals surface area contributed by atoms with Gasteiger partial charge in [0.05, 0.1) is 28.6 Å². The molecule has 2 fully saturated rings. The third-order valence-electron chi connectivity index (χ3n) is 6.76. The number of benzene rings is 1. The Morgan fingerprint density at radius 3 is 2.65 bits per heavy atom. The fourth-order valence-electron chi connectivity index (χ4n) is 4.85. The van der Waals surface area contributed by atoms with Gasteiger partial charge in [-0.2, -0.15) is 5.10 Å². The molecule has 11 nitrogen and oxygen atoms in total. The zero-order valence-corrected chi connectivity index (χ0v) is 18.5. The van der Waals surface area contributed by atoms with E-state index < -0.39 is 35.6 Å². The molecule has 1 aromatic carbocycles. The van der Waals surface area contributed by atoms with Crippen molar-refractivity contribution in [3.05, 3.63) is 47.3 Å². The monoisotopic (exact) mass is 465 g/mol. The van der Waals surface area contributed by atoms with Crippen molar-refractivity contribution in [2.45, 2.75) is 38.3 Å². The second-order valence-electron chi connectivity index (χ2n) is 9.23. The predicted octanol–water partition coefficient (Wildman–Crippen LogP) is 0.899. The fraction of sp³-hybridized carbons (Fsp3) is 0.391. The SMILES string of the molecule is CN(CC1(Cn2cc(C(=O)O)cn2)CC1)c1cccc2c1C(=O)N(C1CCC(=O)NC1=O)C2=O. The number of aromatic carboxylic acids is 1. The normalized spacial score (nSPS) is 20.9. The minimum absolute atomic E-state index is 0.0656. The van der Waals surface area contributed by atoms with Crippen LogP contribution < -0.4 is 10.2 Å². The lowest BCUT2D eigenvalue weighted by Gasteiger charge is -2.29. The summed E-state index contributed by atoms with van der Waals surface area (Å²) in [6.45, 7) is 1.11. The molecule has 11 heteroatoms. The van der Waals surface area contributed by atoms with Gasteiger partial charge in [0.2, 0.25) is 11.8 Å². The highest BCUT2D eigenvalue weighted by molar-refractivity contribution is 6.25. The van der Waals surface area contributed by atoms with E-state index in [4.69, 9.17) is 5.11 Å². The predicted molar refractivity (Wildman–Crippen MR) is 117 cm³/mol. The van der Waals surface area contributed by atoms with Gasteiger partial charge in [-0.25, -0.2) is 4.79 Å². The highest BCUT2D eigenvalue weighted by Crippen LogP contribution is 2.48. The molecule has 4 amide bonds. The van der Waals surface area contributed by atoms with Gasteiger partial charge in [0.1, 0.15) is 6.04 Å². The van der Waals surface area contributed by atoms with Crippen molar-refractivity contribution in [1.82, 2.24) is 20.0 Å². The molecular weight excluding hydrogens is 442 g/mol. The van der Waals surface area contributed by atoms with Crippen molar-refractivity contribution >= 4 is 35.3 Å². The van der Waals surface area contributed by atoms with Crippen LogP contribution in [0.25, 0.3) is 0 Å². The Labute approximate surface area is 194 Å². The number of carboxylic acids is 1. The van der Waals surface area contributed by atoms with E-state index in [1.54, 1.807) is 22.9 Å². The van der Waals surface area contributed by atoms with Crippen LogP contribution in [0, 0.1) is 5.41 Å². The van der Waals surface area contributed by atoms with E-state index in [0.29, 0.717) is 18.8 Å². The van der Waals surface area contributed by atoms with Crippen molar-refractivity contribution < 1.29 is 29.1 Å². The van der Waals surface area contributed by atoms with Crippen molar-refractivity contribution in [2.75, 3.05) is 18.5 Å². The number of nitrogens with one attached hydrogen (secondary N) is 1. The molecule has 176 valence electrons. The van der Waals surface area contributed by atoms with Crippen LogP contribution in [0.4, 0.5) is 5.69 Å². The minimum Gasteiger partial charge on any atom is -0.478 e. The summed E-state index contributed by atoms with van der Waals surface area (Å²) in [5.74, 6) is -3.17. The van der Waals surface area contributed by atoms with Crippen LogP contribution in [-0.4, -0.2) is 69.0 Å². The summed E-state index contributed by atoms with van der Waals surface area (Å²) in [6.07, 6.45) is 4.83. The maximum absolute atomic E-state index is 13.3. The molecule has 1 atom stereocenters. The molecule has 0 bridgehead atoms. The average molecular weight is 465 g/mol. The van der Waals surface area contributed by atoms with Crippen LogP contribution >= 0.6 is 0 Å². The lowest BCUT2D eigenvalue weighted by molar-refractivity contribution is -0.136. The first-order valence-electron chi connectivity index (χ1n) is 11.0. The summed E-state index contributed by atoms with van der Waals surface area (Å²) in [4.78, 5) is 64.3. The Kier molecular flexibility index (Phi) is 4.99. The molecular formula is C23H23N5O6. The lowest BCUT2D eigenvalue weighted by atomic mass is 10.0. The molecule has 1 unspecified atom stereocenters. The van der Waals surface area contributed by atoms with Gasteiger partial charge in [0.25, 0.3) is 11.8 Å². The molecule has 1 saturated carbocycles. The molecule has 2 aliphatic heterocycles. The first kappa shape index (κ1) is 21.8. The van der Waals surface area contributed by atoms with Crippen LogP contribution in [0.5, 0.6) is 0 Å². The number of anilines is 1. The van der Waals surface area contributed by atoms with Gasteiger partial charge in [-0.3, -0.25) is 34.1 Å². The van der Waals surface area contributed by atoms with Crippen LogP contribution in [0.3, 0.4) is 0 Å². The number of amides is 4. The number of piperidine rings is 1. The molecule has 34 heavy (non-hydrogen) atoms. The Morgan fingerprint density at radius 2 is 2.00 bits per heavy atom. The summed E-state index contributed by atoms with van der Waals surface area (Å²) in [5.41, 5.74) is 1.07. The lowest BCUT2D eigenvalue weighted by Crippen LogP contribution is -2.54. The summed E-state index contributed by atoms with van der Waals surface area (Å²) >= 11 is 0. The van der Waals surface area contributed by atoms with E-state index in [9.17, 15) is 24.0 Å². The second-order valence-corrected chi connectivity index (χ2v) is 9.23. The largest absolute Gasteiger partial charge is 0.478 e. The number of aromatic nitrogens is 2. The molecule has 1 saturated heterocycles. The van der Waals surface area contributed by atoms with E-state index in [2.05, 4.69) is 10.4 Å². The molecule has 2 aromatic rings. The number of carbonyl (C=O) groups excluding carboxylic acids is 4. The molecule has 5 rings (SSSR count). The number of nitrogens with zero attached hydrogens (tertiary/aromatic N) is 4. The van der Waals surface area contributed by atoms with Gasteiger partial charge in [-0.1, -0.05) is 6.07 Å². The fourth-order valence-corrected chi connectivity index (χ4v) is 4.85. The number of fused-ring (bicyclic) bond motifs is 1. The van der Waals surface area contributed by atoms with E-state index in [-0.39, 0.29) is 34.9 Å². The number of carbonyl (C=O) groups is 5. The maximum atomic E-state index is 13.3. The third kappa shape index (κ3) is 3.62.